The summed E-state index contributed by atoms with van der Waals surface area (Å²) < 4.78 is 7.21. The zero-order chi connectivity index (χ0) is 25.8. The van der Waals surface area contributed by atoms with Gasteiger partial charge in [-0.05, 0) is 25.3 Å². The summed E-state index contributed by atoms with van der Waals surface area (Å²) in [5.41, 5.74) is 1.26. The second-order valence-electron chi connectivity index (χ2n) is 8.15. The largest absolute Gasteiger partial charge is 0.387 e. The molecule has 12 heteroatoms. The third-order valence-electron chi connectivity index (χ3n) is 5.89. The van der Waals surface area contributed by atoms with Gasteiger partial charge in [0.25, 0.3) is 0 Å². The molecule has 12 nitrogen and oxygen atoms in total. The number of nitrogens with one attached hydrogen (secondary N) is 1. The molecule has 0 unspecified atom stereocenters. The van der Waals surface area contributed by atoms with E-state index < -0.39 is 36.9 Å². The van der Waals surface area contributed by atoms with Gasteiger partial charge in [0.15, 0.2) is 29.4 Å². The molecule has 5 N–H and O–H groups in total. The number of aliphatic hydroxyl groups excluding tert-OH is 4. The number of hydrogen-bond donors (Lipinski definition) is 5. The van der Waals surface area contributed by atoms with Gasteiger partial charge in [-0.25, -0.2) is 15.0 Å². The van der Waals surface area contributed by atoms with Gasteiger partial charge in [-0.2, -0.15) is 0 Å². The first kappa shape index (κ1) is 25.5. The van der Waals surface area contributed by atoms with Crippen molar-refractivity contribution in [2.45, 2.75) is 50.7 Å². The fraction of sp³-hybridized carbons (Fsp3) is 0.417. The number of carbonyl (C=O) groups excluding carboxylic acids is 1. The molecule has 3 heterocycles. The summed E-state index contributed by atoms with van der Waals surface area (Å²) in [6.45, 7) is 4.26. The minimum absolute atomic E-state index is 0.0953. The van der Waals surface area contributed by atoms with Gasteiger partial charge in [-0.3, -0.25) is 9.36 Å². The lowest BCUT2D eigenvalue weighted by Crippen LogP contribution is -2.48. The standard InChI is InChI=1S/C24H28N6O6/c1-3-25-21-17-22(28-16(27-21)11-10-15(32)14-8-6-5-7-9-14)30(12-26-17)24-19(34)18(33)20(36-24)23(35)29(4-2)13-31/h5-9,12-13,15,18-20,23-24,32-35H,3-4H2,1-2H3,(H,25,27,28)/t15-,18-,19+,20-,23-,24+/m0/s1. The van der Waals surface area contributed by atoms with Crippen LogP contribution < -0.4 is 5.32 Å². The molecule has 1 fully saturated rings. The predicted molar refractivity (Wildman–Crippen MR) is 128 cm³/mol. The van der Waals surface area contributed by atoms with Crippen LogP contribution in [-0.4, -0.2) is 88.9 Å². The Morgan fingerprint density at radius 3 is 2.61 bits per heavy atom. The highest BCUT2D eigenvalue weighted by atomic mass is 16.6. The summed E-state index contributed by atoms with van der Waals surface area (Å²) in [6, 6.07) is 8.93. The SMILES string of the molecule is CCNc1nc(C#C[C@H](O)c2ccccc2)nc2c1ncn2[C@@H]1O[C@H]([C@H](O)N(C=O)CC)[C@@H](O)[C@H]1O. The van der Waals surface area contributed by atoms with Gasteiger partial charge in [0, 0.05) is 13.1 Å². The van der Waals surface area contributed by atoms with Crippen molar-refractivity contribution in [2.24, 2.45) is 0 Å². The molecule has 1 aromatic carbocycles. The highest BCUT2D eigenvalue weighted by molar-refractivity contribution is 5.83. The minimum Gasteiger partial charge on any atom is -0.387 e. The highest BCUT2D eigenvalue weighted by Gasteiger charge is 2.48. The average Bonchev–Trinajstić information content (AvgIpc) is 3.44. The lowest BCUT2D eigenvalue weighted by molar-refractivity contribution is -0.152. The molecule has 190 valence electrons. The van der Waals surface area contributed by atoms with Crippen LogP contribution in [0.2, 0.25) is 0 Å². The van der Waals surface area contributed by atoms with Crippen LogP contribution >= 0.6 is 0 Å². The molecule has 0 aliphatic carbocycles. The molecule has 1 saturated heterocycles. The second-order valence-corrected chi connectivity index (χ2v) is 8.15. The van der Waals surface area contributed by atoms with Crippen molar-refractivity contribution < 1.29 is 30.0 Å². The van der Waals surface area contributed by atoms with Crippen molar-refractivity contribution in [3.05, 3.63) is 48.0 Å². The fourth-order valence-corrected chi connectivity index (χ4v) is 3.98. The molecule has 1 aliphatic heterocycles. The van der Waals surface area contributed by atoms with Gasteiger partial charge in [-0.1, -0.05) is 36.3 Å². The van der Waals surface area contributed by atoms with E-state index >= 15 is 0 Å². The minimum atomic E-state index is -1.48. The van der Waals surface area contributed by atoms with Crippen LogP contribution in [0.25, 0.3) is 11.2 Å². The number of nitrogens with zero attached hydrogens (tertiary/aromatic N) is 5. The van der Waals surface area contributed by atoms with Crippen LogP contribution in [0.4, 0.5) is 5.82 Å². The fourth-order valence-electron chi connectivity index (χ4n) is 3.98. The Bertz CT molecular complexity index is 1260. The molecule has 1 aliphatic rings. The molecule has 4 rings (SSSR count). The number of amides is 1. The maximum atomic E-state index is 11.2. The quantitative estimate of drug-likeness (QED) is 0.160. The zero-order valence-electron chi connectivity index (χ0n) is 19.8. The van der Waals surface area contributed by atoms with Crippen LogP contribution in [0, 0.1) is 11.8 Å². The van der Waals surface area contributed by atoms with Crippen molar-refractivity contribution in [2.75, 3.05) is 18.4 Å². The van der Waals surface area contributed by atoms with Crippen LogP contribution in [0.5, 0.6) is 0 Å². The molecular weight excluding hydrogens is 468 g/mol. The van der Waals surface area contributed by atoms with Crippen molar-refractivity contribution in [1.82, 2.24) is 24.4 Å². The number of ether oxygens (including phenoxy) is 1. The first-order valence-corrected chi connectivity index (χ1v) is 11.5. The lowest BCUT2D eigenvalue weighted by Gasteiger charge is -2.28. The smallest absolute Gasteiger partial charge is 0.211 e. The van der Waals surface area contributed by atoms with E-state index in [4.69, 9.17) is 4.74 Å². The van der Waals surface area contributed by atoms with Crippen molar-refractivity contribution in [1.29, 1.82) is 0 Å². The van der Waals surface area contributed by atoms with Crippen LogP contribution in [0.3, 0.4) is 0 Å². The Morgan fingerprint density at radius 2 is 1.94 bits per heavy atom. The summed E-state index contributed by atoms with van der Waals surface area (Å²) >= 11 is 0. The normalized spacial score (nSPS) is 23.1. The van der Waals surface area contributed by atoms with Crippen molar-refractivity contribution in [3.63, 3.8) is 0 Å². The topological polar surface area (TPSA) is 166 Å². The molecular formula is C24H28N6O6. The van der Waals surface area contributed by atoms with Gasteiger partial charge in [0.1, 0.15) is 24.4 Å². The van der Waals surface area contributed by atoms with Gasteiger partial charge >= 0.3 is 0 Å². The molecule has 36 heavy (non-hydrogen) atoms. The number of rotatable bonds is 8. The summed E-state index contributed by atoms with van der Waals surface area (Å²) in [7, 11) is 0. The molecule has 0 saturated carbocycles. The van der Waals surface area contributed by atoms with E-state index in [0.717, 1.165) is 4.90 Å². The first-order valence-electron chi connectivity index (χ1n) is 11.5. The van der Waals surface area contributed by atoms with Gasteiger partial charge in [0.2, 0.25) is 12.2 Å². The summed E-state index contributed by atoms with van der Waals surface area (Å²) in [5, 5.41) is 45.2. The zero-order valence-corrected chi connectivity index (χ0v) is 19.8. The first-order chi connectivity index (χ1) is 17.4. The van der Waals surface area contributed by atoms with E-state index in [1.807, 2.05) is 13.0 Å². The number of likely N-dealkylation sites (N-methyl/N-ethyl adjacent to an activating group) is 1. The van der Waals surface area contributed by atoms with Crippen LogP contribution in [0.15, 0.2) is 36.7 Å². The molecule has 2 aromatic heterocycles. The number of aromatic nitrogens is 4. The van der Waals surface area contributed by atoms with Crippen LogP contribution in [-0.2, 0) is 9.53 Å². The van der Waals surface area contributed by atoms with Gasteiger partial charge < -0.3 is 35.4 Å². The molecule has 0 spiro atoms. The monoisotopic (exact) mass is 496 g/mol. The number of imidazole rings is 1. The molecule has 1 amide bonds. The van der Waals surface area contributed by atoms with Gasteiger partial charge in [-0.15, -0.1) is 0 Å². The Balaban J connectivity index is 1.70. The molecule has 6 atom stereocenters. The predicted octanol–water partition coefficient (Wildman–Crippen LogP) is -0.241. The Kier molecular flexibility index (Phi) is 7.78. The van der Waals surface area contributed by atoms with E-state index in [0.29, 0.717) is 29.9 Å². The number of aliphatic hydroxyl groups is 4. The van der Waals surface area contributed by atoms with Crippen LogP contribution in [0.1, 0.15) is 37.6 Å². The van der Waals surface area contributed by atoms with E-state index in [2.05, 4.69) is 32.1 Å². The third-order valence-corrected chi connectivity index (χ3v) is 5.89. The maximum Gasteiger partial charge on any atom is 0.211 e. The molecule has 0 radical (unpaired) electrons. The average molecular weight is 497 g/mol. The summed E-state index contributed by atoms with van der Waals surface area (Å²) in [6.07, 6.45) is -6.04. The number of anilines is 1. The summed E-state index contributed by atoms with van der Waals surface area (Å²) in [4.78, 5) is 25.5. The Hall–Kier alpha value is -3.60. The number of fused-ring (bicyclic) bond motifs is 1. The van der Waals surface area contributed by atoms with E-state index in [1.54, 1.807) is 31.2 Å². The summed E-state index contributed by atoms with van der Waals surface area (Å²) in [5.74, 6) is 5.99. The van der Waals surface area contributed by atoms with E-state index in [1.165, 1.54) is 10.9 Å². The lowest BCUT2D eigenvalue weighted by atomic mass is 10.1. The second kappa shape index (κ2) is 11.0. The number of hydrogen-bond acceptors (Lipinski definition) is 10. The van der Waals surface area contributed by atoms with E-state index in [9.17, 15) is 25.2 Å². The Morgan fingerprint density at radius 1 is 1.19 bits per heavy atom. The van der Waals surface area contributed by atoms with Crippen molar-refractivity contribution >= 4 is 23.4 Å². The molecule has 3 aromatic rings. The maximum absolute atomic E-state index is 11.2. The Labute approximate surface area is 207 Å². The number of carbonyl (C=O) groups is 1. The molecule has 0 bridgehead atoms. The third kappa shape index (κ3) is 4.88. The number of benzene rings is 1. The van der Waals surface area contributed by atoms with E-state index in [-0.39, 0.29) is 18.0 Å². The van der Waals surface area contributed by atoms with Gasteiger partial charge in [0.05, 0.1) is 6.33 Å². The van der Waals surface area contributed by atoms with Crippen molar-refractivity contribution in [3.8, 4) is 11.8 Å². The highest BCUT2D eigenvalue weighted by Crippen LogP contribution is 2.34.